The zero-order valence-electron chi connectivity index (χ0n) is 13.9. The third-order valence-electron chi connectivity index (χ3n) is 4.75. The molecule has 0 saturated heterocycles. The first-order valence-corrected chi connectivity index (χ1v) is 8.10. The Morgan fingerprint density at radius 3 is 2.68 bits per heavy atom. The van der Waals surface area contributed by atoms with Crippen LogP contribution in [0.1, 0.15) is 46.1 Å². The summed E-state index contributed by atoms with van der Waals surface area (Å²) in [4.78, 5) is 16.2. The number of aromatic nitrogens is 3. The van der Waals surface area contributed by atoms with Gasteiger partial charge in [-0.3, -0.25) is 0 Å². The van der Waals surface area contributed by atoms with E-state index in [4.69, 9.17) is 5.73 Å². The van der Waals surface area contributed by atoms with E-state index in [1.54, 1.807) is 25.3 Å². The van der Waals surface area contributed by atoms with Crippen molar-refractivity contribution in [2.45, 2.75) is 32.6 Å². The third kappa shape index (κ3) is 2.31. The standard InChI is InChI=1S/C18H18N4O3/c1-8-3-6-12(23)9(2)13(8)11-7-22-17(14(15(11)19)18(24)25)20-16(21-22)10-4-5-10/h3,6-7,10,23H,4-5,19H2,1-2H3,(H,24,25). The number of anilines is 1. The van der Waals surface area contributed by atoms with E-state index in [-0.39, 0.29) is 22.6 Å². The van der Waals surface area contributed by atoms with Crippen LogP contribution in [0.2, 0.25) is 0 Å². The van der Waals surface area contributed by atoms with E-state index >= 15 is 0 Å². The van der Waals surface area contributed by atoms with Crippen molar-refractivity contribution in [2.75, 3.05) is 5.73 Å². The van der Waals surface area contributed by atoms with Crippen molar-refractivity contribution in [3.63, 3.8) is 0 Å². The number of nitrogen functional groups attached to an aromatic ring is 1. The van der Waals surface area contributed by atoms with Crippen LogP contribution in [0.3, 0.4) is 0 Å². The first kappa shape index (κ1) is 15.4. The van der Waals surface area contributed by atoms with Gasteiger partial charge in [0.2, 0.25) is 0 Å². The summed E-state index contributed by atoms with van der Waals surface area (Å²) in [6.45, 7) is 3.67. The molecule has 0 aliphatic heterocycles. The van der Waals surface area contributed by atoms with Crippen LogP contribution >= 0.6 is 0 Å². The summed E-state index contributed by atoms with van der Waals surface area (Å²) in [5.41, 5.74) is 9.33. The summed E-state index contributed by atoms with van der Waals surface area (Å²) < 4.78 is 1.49. The number of carboxylic acids is 1. The number of phenols is 1. The number of aromatic carboxylic acids is 1. The molecule has 1 aliphatic rings. The van der Waals surface area contributed by atoms with Crippen molar-refractivity contribution in [3.8, 4) is 16.9 Å². The minimum atomic E-state index is -1.14. The van der Waals surface area contributed by atoms with Gasteiger partial charge in [0.15, 0.2) is 11.5 Å². The lowest BCUT2D eigenvalue weighted by molar-refractivity contribution is 0.0699. The number of hydrogen-bond acceptors (Lipinski definition) is 5. The van der Waals surface area contributed by atoms with Crippen molar-refractivity contribution in [3.05, 3.63) is 40.8 Å². The Morgan fingerprint density at radius 2 is 2.04 bits per heavy atom. The number of phenolic OH excluding ortho intramolecular Hbond substituents is 1. The van der Waals surface area contributed by atoms with Gasteiger partial charge in [0, 0.05) is 17.7 Å². The van der Waals surface area contributed by atoms with Gasteiger partial charge in [0.25, 0.3) is 0 Å². The van der Waals surface area contributed by atoms with Crippen LogP contribution in [-0.4, -0.2) is 30.8 Å². The summed E-state index contributed by atoms with van der Waals surface area (Å²) in [6.07, 6.45) is 3.74. The molecule has 0 spiro atoms. The molecule has 0 unspecified atom stereocenters. The summed E-state index contributed by atoms with van der Waals surface area (Å²) in [7, 11) is 0. The molecular weight excluding hydrogens is 320 g/mol. The number of carboxylic acid groups (broad SMARTS) is 1. The predicted molar refractivity (Wildman–Crippen MR) is 92.9 cm³/mol. The fourth-order valence-electron chi connectivity index (χ4n) is 3.22. The smallest absolute Gasteiger partial charge is 0.341 e. The largest absolute Gasteiger partial charge is 0.508 e. The van der Waals surface area contributed by atoms with Gasteiger partial charge in [0.05, 0.1) is 5.69 Å². The van der Waals surface area contributed by atoms with Gasteiger partial charge in [-0.1, -0.05) is 6.07 Å². The monoisotopic (exact) mass is 338 g/mol. The van der Waals surface area contributed by atoms with Crippen LogP contribution in [0.5, 0.6) is 5.75 Å². The first-order chi connectivity index (χ1) is 11.9. The zero-order chi connectivity index (χ0) is 17.9. The maximum atomic E-state index is 11.8. The number of pyridine rings is 1. The molecule has 0 radical (unpaired) electrons. The molecule has 1 aliphatic carbocycles. The van der Waals surface area contributed by atoms with E-state index in [1.807, 2.05) is 6.92 Å². The number of benzene rings is 1. The van der Waals surface area contributed by atoms with E-state index < -0.39 is 5.97 Å². The van der Waals surface area contributed by atoms with Gasteiger partial charge in [-0.25, -0.2) is 14.3 Å². The molecule has 2 aromatic heterocycles. The van der Waals surface area contributed by atoms with Crippen LogP contribution in [0, 0.1) is 13.8 Å². The van der Waals surface area contributed by atoms with E-state index in [0.29, 0.717) is 28.4 Å². The molecule has 0 amide bonds. The number of aromatic hydroxyl groups is 1. The average molecular weight is 338 g/mol. The SMILES string of the molecule is Cc1ccc(O)c(C)c1-c1cn2nc(C3CC3)nc2c(C(=O)O)c1N. The van der Waals surface area contributed by atoms with Crippen molar-refractivity contribution in [2.24, 2.45) is 0 Å². The van der Waals surface area contributed by atoms with E-state index in [0.717, 1.165) is 18.4 Å². The molecule has 0 atom stereocenters. The Kier molecular flexibility index (Phi) is 3.21. The van der Waals surface area contributed by atoms with Gasteiger partial charge in [-0.2, -0.15) is 5.10 Å². The van der Waals surface area contributed by atoms with Crippen LogP contribution in [-0.2, 0) is 0 Å². The lowest BCUT2D eigenvalue weighted by Gasteiger charge is -2.15. The fraction of sp³-hybridized carbons (Fsp3) is 0.278. The Morgan fingerprint density at radius 1 is 1.32 bits per heavy atom. The summed E-state index contributed by atoms with van der Waals surface area (Å²) in [5.74, 6) is -0.0531. The van der Waals surface area contributed by atoms with Crippen molar-refractivity contribution >= 4 is 17.3 Å². The minimum absolute atomic E-state index is 0.0564. The second-order valence-electron chi connectivity index (χ2n) is 6.55. The van der Waals surface area contributed by atoms with Gasteiger partial charge < -0.3 is 15.9 Å². The molecule has 7 heteroatoms. The number of aryl methyl sites for hydroxylation is 1. The van der Waals surface area contributed by atoms with Gasteiger partial charge in [-0.05, 0) is 49.4 Å². The molecule has 4 rings (SSSR count). The Balaban J connectivity index is 2.07. The van der Waals surface area contributed by atoms with E-state index in [9.17, 15) is 15.0 Å². The fourth-order valence-corrected chi connectivity index (χ4v) is 3.22. The Bertz CT molecular complexity index is 1030. The number of rotatable bonds is 3. The van der Waals surface area contributed by atoms with Crippen LogP contribution in [0.15, 0.2) is 18.3 Å². The predicted octanol–water partition coefficient (Wildman–Crippen LogP) is 2.88. The molecule has 1 fully saturated rings. The van der Waals surface area contributed by atoms with Gasteiger partial charge in [-0.15, -0.1) is 0 Å². The summed E-state index contributed by atoms with van der Waals surface area (Å²) in [5, 5.41) is 24.2. The molecular formula is C18H18N4O3. The number of carbonyl (C=O) groups is 1. The highest BCUT2D eigenvalue weighted by molar-refractivity contribution is 6.04. The average Bonchev–Trinajstić information content (AvgIpc) is 3.32. The lowest BCUT2D eigenvalue weighted by Crippen LogP contribution is -2.09. The number of nitrogens with two attached hydrogens (primary N) is 1. The molecule has 7 nitrogen and oxygen atoms in total. The molecule has 25 heavy (non-hydrogen) atoms. The summed E-state index contributed by atoms with van der Waals surface area (Å²) in [6, 6.07) is 3.39. The van der Waals surface area contributed by atoms with Gasteiger partial charge >= 0.3 is 5.97 Å². The lowest BCUT2D eigenvalue weighted by atomic mass is 9.94. The number of hydrogen-bond donors (Lipinski definition) is 3. The second-order valence-corrected chi connectivity index (χ2v) is 6.55. The zero-order valence-corrected chi connectivity index (χ0v) is 13.9. The van der Waals surface area contributed by atoms with E-state index in [1.165, 1.54) is 4.52 Å². The molecule has 1 aromatic carbocycles. The topological polar surface area (TPSA) is 114 Å². The van der Waals surface area contributed by atoms with Crippen molar-refractivity contribution < 1.29 is 15.0 Å². The number of fused-ring (bicyclic) bond motifs is 1. The van der Waals surface area contributed by atoms with Crippen molar-refractivity contribution in [1.29, 1.82) is 0 Å². The normalized spacial score (nSPS) is 14.2. The minimum Gasteiger partial charge on any atom is -0.508 e. The molecule has 1 saturated carbocycles. The second kappa shape index (κ2) is 5.20. The Labute approximate surface area is 143 Å². The van der Waals surface area contributed by atoms with Crippen molar-refractivity contribution in [1.82, 2.24) is 14.6 Å². The molecule has 4 N–H and O–H groups in total. The highest BCUT2D eigenvalue weighted by Crippen LogP contribution is 2.41. The highest BCUT2D eigenvalue weighted by Gasteiger charge is 2.30. The maximum Gasteiger partial charge on any atom is 0.341 e. The molecule has 2 heterocycles. The van der Waals surface area contributed by atoms with Gasteiger partial charge in [0.1, 0.15) is 11.3 Å². The Hall–Kier alpha value is -3.09. The van der Waals surface area contributed by atoms with E-state index in [2.05, 4.69) is 10.1 Å². The number of nitrogens with zero attached hydrogens (tertiary/aromatic N) is 3. The summed E-state index contributed by atoms with van der Waals surface area (Å²) >= 11 is 0. The molecule has 128 valence electrons. The third-order valence-corrected chi connectivity index (χ3v) is 4.75. The van der Waals surface area contributed by atoms with Crippen LogP contribution < -0.4 is 5.73 Å². The maximum absolute atomic E-state index is 11.8. The van der Waals surface area contributed by atoms with Crippen LogP contribution in [0.25, 0.3) is 16.8 Å². The molecule has 0 bridgehead atoms. The quantitative estimate of drug-likeness (QED) is 0.676. The highest BCUT2D eigenvalue weighted by atomic mass is 16.4. The first-order valence-electron chi connectivity index (χ1n) is 8.10. The van der Waals surface area contributed by atoms with Crippen LogP contribution in [0.4, 0.5) is 5.69 Å². The molecule has 3 aromatic rings.